The number of hydrazine groups is 2. The van der Waals surface area contributed by atoms with Gasteiger partial charge in [-0.3, -0.25) is 13.9 Å². The van der Waals surface area contributed by atoms with Gasteiger partial charge in [0, 0.05) is 22.8 Å². The van der Waals surface area contributed by atoms with Crippen molar-refractivity contribution in [2.24, 2.45) is 5.10 Å². The molecular formula is C17H15N6O7S3+. The van der Waals surface area contributed by atoms with Crippen LogP contribution in [0.3, 0.4) is 0 Å². The Hall–Kier alpha value is -3.24. The normalized spacial score (nSPS) is 14.2. The van der Waals surface area contributed by atoms with E-state index in [1.807, 2.05) is 29.6 Å². The van der Waals surface area contributed by atoms with Crippen molar-refractivity contribution in [2.75, 3.05) is 16.7 Å². The van der Waals surface area contributed by atoms with Crippen molar-refractivity contribution in [3.63, 3.8) is 0 Å². The molecule has 0 aliphatic carbocycles. The molecule has 1 aliphatic rings. The molecule has 0 radical (unpaired) electrons. The summed E-state index contributed by atoms with van der Waals surface area (Å²) < 4.78 is 60.8. The molecule has 172 valence electrons. The Morgan fingerprint density at radius 1 is 1.09 bits per heavy atom. The minimum absolute atomic E-state index is 0.0716. The maximum atomic E-state index is 12.2. The molecule has 4 rings (SSSR count). The van der Waals surface area contributed by atoms with E-state index in [0.717, 1.165) is 10.2 Å². The summed E-state index contributed by atoms with van der Waals surface area (Å²) in [5.74, 6) is -0.818. The van der Waals surface area contributed by atoms with Gasteiger partial charge in [0.1, 0.15) is 0 Å². The molecule has 2 aromatic carbocycles. The highest BCUT2D eigenvalue weighted by Gasteiger charge is 2.36. The molecule has 0 bridgehead atoms. The van der Waals surface area contributed by atoms with Gasteiger partial charge in [0.15, 0.2) is 0 Å². The average molecular weight is 512 g/mol. The number of hydrazone groups is 1. The Balaban J connectivity index is 1.40. The fourth-order valence-corrected chi connectivity index (χ4v) is 5.48. The zero-order chi connectivity index (χ0) is 23.8. The number of rotatable bonds is 7. The number of carbonyl (C=O) groups is 1. The Morgan fingerprint density at radius 2 is 1.76 bits per heavy atom. The summed E-state index contributed by atoms with van der Waals surface area (Å²) in [4.78, 5) is 16.7. The molecule has 0 spiro atoms. The molecule has 1 amide bonds. The van der Waals surface area contributed by atoms with Gasteiger partial charge in [-0.15, -0.1) is 5.12 Å². The second-order valence-electron chi connectivity index (χ2n) is 6.63. The number of amides is 1. The lowest BCUT2D eigenvalue weighted by Gasteiger charge is -2.12. The predicted molar refractivity (Wildman–Crippen MR) is 121 cm³/mol. The average Bonchev–Trinajstić information content (AvgIpc) is 3.39. The first kappa shape index (κ1) is 22.9. The number of anilines is 2. The molecule has 33 heavy (non-hydrogen) atoms. The van der Waals surface area contributed by atoms with Gasteiger partial charge in [0.2, 0.25) is 15.4 Å². The van der Waals surface area contributed by atoms with E-state index < -0.39 is 37.3 Å². The quantitative estimate of drug-likeness (QED) is 0.259. The molecule has 3 aromatic rings. The van der Waals surface area contributed by atoms with E-state index in [-0.39, 0.29) is 5.56 Å². The standard InChI is InChI=1S/C17H14N6O7S3/c24-16(18-9-15(32(25,26)27)33(28,29)30)11-5-7-12(8-6-11)22-10-19-23(21-22)17-20-13-3-1-2-4-14(13)31-17/h1-8,15,21H,9H2,(H2-,18,24,25,26,27,28,29,30)/p+1. The molecule has 0 saturated heterocycles. The molecule has 0 saturated carbocycles. The number of para-hydroxylation sites is 1. The fourth-order valence-electron chi connectivity index (χ4n) is 2.78. The van der Waals surface area contributed by atoms with Crippen LogP contribution in [0.5, 0.6) is 0 Å². The van der Waals surface area contributed by atoms with Crippen LogP contribution in [0.2, 0.25) is 0 Å². The first-order chi connectivity index (χ1) is 15.5. The second kappa shape index (κ2) is 8.60. The molecule has 0 atom stereocenters. The third-order valence-electron chi connectivity index (χ3n) is 4.38. The molecule has 0 unspecified atom stereocenters. The lowest BCUT2D eigenvalue weighted by atomic mass is 10.2. The number of thiazole rings is 1. The number of fused-ring (bicyclic) bond motifs is 1. The van der Waals surface area contributed by atoms with Crippen molar-refractivity contribution in [2.45, 2.75) is 4.58 Å². The van der Waals surface area contributed by atoms with E-state index in [2.05, 4.69) is 22.0 Å². The first-order valence-electron chi connectivity index (χ1n) is 9.01. The fraction of sp³-hybridized carbons (Fsp3) is 0.118. The van der Waals surface area contributed by atoms with Gasteiger partial charge in [0.05, 0.1) is 16.8 Å². The van der Waals surface area contributed by atoms with Crippen LogP contribution in [-0.4, -0.2) is 54.3 Å². The number of benzene rings is 2. The van der Waals surface area contributed by atoms with Gasteiger partial charge in [-0.25, -0.2) is 4.98 Å². The van der Waals surface area contributed by atoms with Gasteiger partial charge in [0.25, 0.3) is 26.1 Å². The third-order valence-corrected chi connectivity index (χ3v) is 8.52. The number of aromatic nitrogens is 1. The van der Waals surface area contributed by atoms with Crippen molar-refractivity contribution in [3.8, 4) is 0 Å². The molecule has 4 N–H and O–H groups in total. The van der Waals surface area contributed by atoms with Crippen LogP contribution in [0.4, 0.5) is 10.8 Å². The molecule has 13 nitrogen and oxygen atoms in total. The maximum Gasteiger partial charge on any atom is 0.362 e. The summed E-state index contributed by atoms with van der Waals surface area (Å²) in [6, 6.07) is 13.5. The molecular weight excluding hydrogens is 496 g/mol. The second-order valence-corrected chi connectivity index (χ2v) is 11.1. The highest BCUT2D eigenvalue weighted by molar-refractivity contribution is 8.04. The lowest BCUT2D eigenvalue weighted by molar-refractivity contribution is 0.0955. The smallest absolute Gasteiger partial charge is 0.349 e. The topological polar surface area (TPSA) is 182 Å². The van der Waals surface area contributed by atoms with Crippen LogP contribution in [0.1, 0.15) is 10.4 Å². The molecule has 2 heterocycles. The van der Waals surface area contributed by atoms with Crippen LogP contribution >= 0.6 is 11.3 Å². The summed E-state index contributed by atoms with van der Waals surface area (Å²) in [6.45, 7) is -1.04. The maximum absolute atomic E-state index is 12.2. The van der Waals surface area contributed by atoms with Crippen molar-refractivity contribution >= 4 is 64.9 Å². The lowest BCUT2D eigenvalue weighted by Crippen LogP contribution is -2.41. The van der Waals surface area contributed by atoms with Gasteiger partial charge < -0.3 is 5.32 Å². The zero-order valence-corrected chi connectivity index (χ0v) is 18.8. The summed E-state index contributed by atoms with van der Waals surface area (Å²) in [6.07, 6.45) is 2.74. The van der Waals surface area contributed by atoms with E-state index >= 15 is 0 Å². The van der Waals surface area contributed by atoms with E-state index in [9.17, 15) is 21.6 Å². The number of hydrogen-bond donors (Lipinski definition) is 4. The molecule has 1 aliphatic heterocycles. The first-order valence-corrected chi connectivity index (χ1v) is 12.8. The Kier molecular flexibility index (Phi) is 5.98. The van der Waals surface area contributed by atoms with Crippen LogP contribution in [0, 0.1) is 0 Å². The van der Waals surface area contributed by atoms with Crippen molar-refractivity contribution in [3.05, 3.63) is 54.1 Å². The summed E-state index contributed by atoms with van der Waals surface area (Å²) in [7, 11) is -10.3. The summed E-state index contributed by atoms with van der Waals surface area (Å²) >= 11 is 1.43. The van der Waals surface area contributed by atoms with Crippen LogP contribution in [0.25, 0.3) is 10.2 Å². The zero-order valence-electron chi connectivity index (χ0n) is 16.4. The van der Waals surface area contributed by atoms with Crippen molar-refractivity contribution < 1.29 is 30.7 Å². The number of nitrogens with one attached hydrogen (secondary N) is 2. The largest absolute Gasteiger partial charge is 0.362 e. The van der Waals surface area contributed by atoms with E-state index in [4.69, 9.17) is 9.11 Å². The number of carbonyl (C=O) groups excluding carboxylic acids is 1. The monoisotopic (exact) mass is 511 g/mol. The van der Waals surface area contributed by atoms with Gasteiger partial charge >= 0.3 is 6.34 Å². The summed E-state index contributed by atoms with van der Waals surface area (Å²) in [5, 5.41) is 9.63. The highest BCUT2D eigenvalue weighted by Crippen LogP contribution is 2.29. The van der Waals surface area contributed by atoms with E-state index in [1.165, 1.54) is 45.7 Å². The predicted octanol–water partition coefficient (Wildman–Crippen LogP) is 0.694. The van der Waals surface area contributed by atoms with Gasteiger partial charge in [-0.2, -0.15) is 16.8 Å². The van der Waals surface area contributed by atoms with Crippen molar-refractivity contribution in [1.82, 2.24) is 15.8 Å². The Bertz CT molecular complexity index is 1370. The number of nitrogens with zero attached hydrogens (tertiary/aromatic N) is 4. The van der Waals surface area contributed by atoms with Crippen LogP contribution < -0.4 is 21.0 Å². The minimum atomic E-state index is -5.15. The highest BCUT2D eigenvalue weighted by atomic mass is 32.3. The van der Waals surface area contributed by atoms with Gasteiger partial charge in [-0.1, -0.05) is 29.0 Å². The van der Waals surface area contributed by atoms with E-state index in [1.54, 1.807) is 0 Å². The van der Waals surface area contributed by atoms with Crippen molar-refractivity contribution in [1.29, 1.82) is 0 Å². The molecule has 0 fully saturated rings. The van der Waals surface area contributed by atoms with Gasteiger partial charge in [-0.05, 0) is 29.3 Å². The molecule has 16 heteroatoms. The Morgan fingerprint density at radius 3 is 2.39 bits per heavy atom. The molecule has 1 aromatic heterocycles. The van der Waals surface area contributed by atoms with Crippen LogP contribution in [0.15, 0.2) is 53.6 Å². The number of hydrogen-bond acceptors (Lipinski definition) is 11. The minimum Gasteiger partial charge on any atom is -0.349 e. The summed E-state index contributed by atoms with van der Waals surface area (Å²) in [5.41, 5.74) is 4.40. The Labute approximate surface area is 191 Å². The SMILES string of the molecule is O=C(NCC(S(=O)(=O)O)S(=O)(=O)O)c1ccc(N2[C+]=NN(c3nc4ccccc4s3)N2)cc1. The third kappa shape index (κ3) is 5.07. The van der Waals surface area contributed by atoms with Crippen LogP contribution in [-0.2, 0) is 20.2 Å². The van der Waals surface area contributed by atoms with E-state index in [0.29, 0.717) is 10.8 Å².